The monoisotopic (exact) mass is 228 g/mol. The fourth-order valence-corrected chi connectivity index (χ4v) is 1.33. The zero-order chi connectivity index (χ0) is 8.97. The highest BCUT2D eigenvalue weighted by Gasteiger charge is 2.03. The van der Waals surface area contributed by atoms with E-state index in [1.165, 1.54) is 5.56 Å². The van der Waals surface area contributed by atoms with Crippen LogP contribution in [0, 0.1) is 0 Å². The Kier molecular flexibility index (Phi) is 3.69. The first-order chi connectivity index (χ1) is 5.74. The minimum absolute atomic E-state index is 0.510. The third-order valence-corrected chi connectivity index (χ3v) is 2.39. The minimum atomic E-state index is 0.510. The Hall–Kier alpha value is -0.410. The lowest BCUT2D eigenvalue weighted by Crippen LogP contribution is -2.04. The number of pyridine rings is 1. The lowest BCUT2D eigenvalue weighted by molar-refractivity contribution is 0.687. The van der Waals surface area contributed by atoms with Gasteiger partial charge in [0.2, 0.25) is 0 Å². The van der Waals surface area contributed by atoms with Gasteiger partial charge >= 0.3 is 0 Å². The van der Waals surface area contributed by atoms with Crippen LogP contribution in [-0.2, 0) is 0 Å². The van der Waals surface area contributed by atoms with Crippen LogP contribution in [0.2, 0.25) is 0 Å². The maximum atomic E-state index is 5.47. The van der Waals surface area contributed by atoms with Crippen molar-refractivity contribution < 1.29 is 0 Å². The Bertz CT molecular complexity index is 233. The van der Waals surface area contributed by atoms with Crippen molar-refractivity contribution in [3.63, 3.8) is 0 Å². The zero-order valence-electron chi connectivity index (χ0n) is 7.13. The number of rotatable bonds is 3. The highest BCUT2D eigenvalue weighted by Crippen LogP contribution is 2.18. The molecule has 0 aliphatic carbocycles. The molecule has 2 N–H and O–H groups in total. The van der Waals surface area contributed by atoms with Crippen molar-refractivity contribution >= 4 is 15.9 Å². The van der Waals surface area contributed by atoms with Crippen molar-refractivity contribution in [1.82, 2.24) is 4.98 Å². The summed E-state index contributed by atoms with van der Waals surface area (Å²) < 4.78 is 0.881. The highest BCUT2D eigenvalue weighted by atomic mass is 79.9. The Morgan fingerprint density at radius 1 is 1.58 bits per heavy atom. The summed E-state index contributed by atoms with van der Waals surface area (Å²) in [5, 5.41) is 0. The number of hydrogen-bond donors (Lipinski definition) is 1. The van der Waals surface area contributed by atoms with Crippen molar-refractivity contribution in [3.05, 3.63) is 28.5 Å². The van der Waals surface area contributed by atoms with Gasteiger partial charge in [0, 0.05) is 6.20 Å². The van der Waals surface area contributed by atoms with Crippen LogP contribution in [0.4, 0.5) is 0 Å². The molecule has 0 saturated carbocycles. The van der Waals surface area contributed by atoms with Crippen LogP contribution in [0.1, 0.15) is 24.8 Å². The summed E-state index contributed by atoms with van der Waals surface area (Å²) >= 11 is 3.30. The van der Waals surface area contributed by atoms with Crippen molar-refractivity contribution in [3.8, 4) is 0 Å². The summed E-state index contributed by atoms with van der Waals surface area (Å²) in [5.41, 5.74) is 6.72. The average molecular weight is 229 g/mol. The summed E-state index contributed by atoms with van der Waals surface area (Å²) in [6.07, 6.45) is 2.91. The molecule has 0 spiro atoms. The van der Waals surface area contributed by atoms with E-state index in [0.29, 0.717) is 5.92 Å². The van der Waals surface area contributed by atoms with E-state index in [4.69, 9.17) is 5.73 Å². The van der Waals surface area contributed by atoms with Crippen molar-refractivity contribution in [1.29, 1.82) is 0 Å². The van der Waals surface area contributed by atoms with Gasteiger partial charge in [-0.1, -0.05) is 13.0 Å². The van der Waals surface area contributed by atoms with E-state index in [9.17, 15) is 0 Å². The van der Waals surface area contributed by atoms with Crippen molar-refractivity contribution in [2.45, 2.75) is 19.3 Å². The second-order valence-electron chi connectivity index (χ2n) is 2.89. The summed E-state index contributed by atoms with van der Waals surface area (Å²) in [5.74, 6) is 0.510. The minimum Gasteiger partial charge on any atom is -0.330 e. The van der Waals surface area contributed by atoms with E-state index in [1.54, 1.807) is 0 Å². The summed E-state index contributed by atoms with van der Waals surface area (Å²) in [4.78, 5) is 4.16. The van der Waals surface area contributed by atoms with Crippen LogP contribution in [-0.4, -0.2) is 11.5 Å². The van der Waals surface area contributed by atoms with E-state index in [1.807, 2.05) is 12.3 Å². The third kappa shape index (κ3) is 2.57. The molecule has 1 rings (SSSR count). The highest BCUT2D eigenvalue weighted by molar-refractivity contribution is 9.10. The normalized spacial score (nSPS) is 12.9. The van der Waals surface area contributed by atoms with Crippen LogP contribution >= 0.6 is 15.9 Å². The molecule has 12 heavy (non-hydrogen) atoms. The Morgan fingerprint density at radius 3 is 2.83 bits per heavy atom. The van der Waals surface area contributed by atoms with Crippen LogP contribution < -0.4 is 5.73 Å². The topological polar surface area (TPSA) is 38.9 Å². The summed E-state index contributed by atoms with van der Waals surface area (Å²) in [7, 11) is 0. The Morgan fingerprint density at radius 2 is 2.33 bits per heavy atom. The van der Waals surface area contributed by atoms with Gasteiger partial charge in [-0.15, -0.1) is 0 Å². The second kappa shape index (κ2) is 4.58. The largest absolute Gasteiger partial charge is 0.330 e. The molecule has 0 fully saturated rings. The first-order valence-corrected chi connectivity index (χ1v) is 4.85. The molecule has 1 atom stereocenters. The molecule has 3 heteroatoms. The molecule has 1 unspecified atom stereocenters. The van der Waals surface area contributed by atoms with Crippen LogP contribution in [0.5, 0.6) is 0 Å². The molecular formula is C9H13BrN2. The van der Waals surface area contributed by atoms with Gasteiger partial charge in [0.25, 0.3) is 0 Å². The number of hydrogen-bond acceptors (Lipinski definition) is 2. The maximum Gasteiger partial charge on any atom is 0.106 e. The SMILES string of the molecule is CC(CCN)c1ccc(Br)nc1. The molecule has 1 aromatic rings. The summed E-state index contributed by atoms with van der Waals surface area (Å²) in [6, 6.07) is 4.04. The predicted octanol–water partition coefficient (Wildman–Crippen LogP) is 2.30. The van der Waals surface area contributed by atoms with Gasteiger partial charge in [-0.3, -0.25) is 0 Å². The number of nitrogens with two attached hydrogens (primary N) is 1. The molecule has 0 amide bonds. The van der Waals surface area contributed by atoms with E-state index < -0.39 is 0 Å². The smallest absolute Gasteiger partial charge is 0.106 e. The molecule has 1 aromatic heterocycles. The fourth-order valence-electron chi connectivity index (χ4n) is 1.10. The summed E-state index contributed by atoms with van der Waals surface area (Å²) in [6.45, 7) is 2.90. The van der Waals surface area contributed by atoms with Gasteiger partial charge in [-0.05, 0) is 46.4 Å². The van der Waals surface area contributed by atoms with E-state index in [-0.39, 0.29) is 0 Å². The number of nitrogens with zero attached hydrogens (tertiary/aromatic N) is 1. The molecule has 1 heterocycles. The molecule has 0 aliphatic heterocycles. The van der Waals surface area contributed by atoms with Gasteiger partial charge in [0.15, 0.2) is 0 Å². The third-order valence-electron chi connectivity index (χ3n) is 1.92. The first kappa shape index (κ1) is 9.68. The quantitative estimate of drug-likeness (QED) is 0.807. The van der Waals surface area contributed by atoms with Crippen molar-refractivity contribution in [2.24, 2.45) is 5.73 Å². The molecular weight excluding hydrogens is 216 g/mol. The zero-order valence-corrected chi connectivity index (χ0v) is 8.71. The first-order valence-electron chi connectivity index (χ1n) is 4.05. The molecule has 66 valence electrons. The standard InChI is InChI=1S/C9H13BrN2/c1-7(4-5-11)8-2-3-9(10)12-6-8/h2-3,6-7H,4-5,11H2,1H3. The van der Waals surface area contributed by atoms with Gasteiger partial charge in [0.1, 0.15) is 4.60 Å². The second-order valence-corrected chi connectivity index (χ2v) is 3.71. The van der Waals surface area contributed by atoms with Gasteiger partial charge in [-0.2, -0.15) is 0 Å². The van der Waals surface area contributed by atoms with E-state index in [2.05, 4.69) is 33.9 Å². The fraction of sp³-hybridized carbons (Fsp3) is 0.444. The Balaban J connectivity index is 2.68. The van der Waals surface area contributed by atoms with E-state index >= 15 is 0 Å². The lowest BCUT2D eigenvalue weighted by Gasteiger charge is -2.08. The van der Waals surface area contributed by atoms with Gasteiger partial charge in [0.05, 0.1) is 0 Å². The number of halogens is 1. The van der Waals surface area contributed by atoms with E-state index in [0.717, 1.165) is 17.6 Å². The van der Waals surface area contributed by atoms with Crippen LogP contribution in [0.15, 0.2) is 22.9 Å². The van der Waals surface area contributed by atoms with Gasteiger partial charge in [-0.25, -0.2) is 4.98 Å². The maximum absolute atomic E-state index is 5.47. The molecule has 0 saturated heterocycles. The predicted molar refractivity (Wildman–Crippen MR) is 54.0 cm³/mol. The Labute approximate surface area is 81.3 Å². The van der Waals surface area contributed by atoms with Gasteiger partial charge < -0.3 is 5.73 Å². The number of aromatic nitrogens is 1. The van der Waals surface area contributed by atoms with Crippen LogP contribution in [0.3, 0.4) is 0 Å². The molecule has 2 nitrogen and oxygen atoms in total. The molecule has 0 aliphatic rings. The van der Waals surface area contributed by atoms with Crippen LogP contribution in [0.25, 0.3) is 0 Å². The lowest BCUT2D eigenvalue weighted by atomic mass is 10.0. The average Bonchev–Trinajstić information content (AvgIpc) is 2.06. The molecule has 0 aromatic carbocycles. The van der Waals surface area contributed by atoms with Crippen molar-refractivity contribution in [2.75, 3.05) is 6.54 Å². The molecule has 0 radical (unpaired) electrons. The molecule has 0 bridgehead atoms.